The molecule has 2 heterocycles. The molecule has 4 nitrogen and oxygen atoms in total. The summed E-state index contributed by atoms with van der Waals surface area (Å²) >= 11 is 1.03. The standard InChI is InChI=1S/C26H30N2O2S/c1-16-7-9-19(10-8-16)15-28-24(29)23(31-25(28)30)13-20-12-21-18(3)14-26(4,5)27(6)22(21)11-17(20)2/h7-13,18H,14-15H2,1-6H3/b23-13-/t18-/m0/s1. The molecule has 0 saturated carbocycles. The first-order valence-electron chi connectivity index (χ1n) is 10.8. The zero-order valence-electron chi connectivity index (χ0n) is 19.2. The minimum atomic E-state index is -0.209. The lowest BCUT2D eigenvalue weighted by Crippen LogP contribution is -2.45. The Morgan fingerprint density at radius 2 is 1.81 bits per heavy atom. The fourth-order valence-electron chi connectivity index (χ4n) is 4.54. The van der Waals surface area contributed by atoms with Gasteiger partial charge >= 0.3 is 0 Å². The summed E-state index contributed by atoms with van der Waals surface area (Å²) in [5.41, 5.74) is 6.91. The number of hydrogen-bond donors (Lipinski definition) is 0. The molecule has 31 heavy (non-hydrogen) atoms. The molecular weight excluding hydrogens is 404 g/mol. The number of benzene rings is 2. The number of imide groups is 1. The van der Waals surface area contributed by atoms with Crippen LogP contribution in [0.4, 0.5) is 10.5 Å². The number of aryl methyl sites for hydroxylation is 2. The Morgan fingerprint density at radius 1 is 1.13 bits per heavy atom. The Kier molecular flexibility index (Phi) is 5.50. The van der Waals surface area contributed by atoms with E-state index >= 15 is 0 Å². The highest BCUT2D eigenvalue weighted by Gasteiger charge is 2.36. The van der Waals surface area contributed by atoms with Crippen molar-refractivity contribution in [3.8, 4) is 0 Å². The molecule has 162 valence electrons. The number of anilines is 1. The third-order valence-electron chi connectivity index (χ3n) is 6.64. The highest BCUT2D eigenvalue weighted by Crippen LogP contribution is 2.44. The van der Waals surface area contributed by atoms with Crippen LogP contribution < -0.4 is 4.90 Å². The highest BCUT2D eigenvalue weighted by molar-refractivity contribution is 8.18. The maximum absolute atomic E-state index is 13.0. The minimum Gasteiger partial charge on any atom is -0.369 e. The summed E-state index contributed by atoms with van der Waals surface area (Å²) < 4.78 is 0. The maximum atomic E-state index is 13.0. The largest absolute Gasteiger partial charge is 0.369 e. The van der Waals surface area contributed by atoms with E-state index in [-0.39, 0.29) is 16.7 Å². The van der Waals surface area contributed by atoms with Crippen LogP contribution >= 0.6 is 11.8 Å². The zero-order chi connectivity index (χ0) is 22.5. The highest BCUT2D eigenvalue weighted by atomic mass is 32.2. The van der Waals surface area contributed by atoms with Crippen LogP contribution in [-0.2, 0) is 11.3 Å². The zero-order valence-corrected chi connectivity index (χ0v) is 20.0. The van der Waals surface area contributed by atoms with Gasteiger partial charge in [-0.15, -0.1) is 0 Å². The number of carbonyl (C=O) groups is 2. The second-order valence-corrected chi connectivity index (χ2v) is 10.5. The number of carbonyl (C=O) groups excluding carboxylic acids is 2. The number of fused-ring (bicyclic) bond motifs is 1. The number of rotatable bonds is 3. The number of nitrogens with zero attached hydrogens (tertiary/aromatic N) is 2. The van der Waals surface area contributed by atoms with Gasteiger partial charge in [0, 0.05) is 18.3 Å². The first-order valence-corrected chi connectivity index (χ1v) is 11.6. The fraction of sp³-hybridized carbons (Fsp3) is 0.385. The molecule has 0 aliphatic carbocycles. The monoisotopic (exact) mass is 434 g/mol. The lowest BCUT2D eigenvalue weighted by atomic mass is 9.79. The lowest BCUT2D eigenvalue weighted by molar-refractivity contribution is -0.123. The number of thioether (sulfide) groups is 1. The van der Waals surface area contributed by atoms with Crippen molar-refractivity contribution in [3.05, 3.63) is 69.1 Å². The van der Waals surface area contributed by atoms with Gasteiger partial charge in [0.05, 0.1) is 11.4 Å². The molecule has 0 spiro atoms. The molecule has 5 heteroatoms. The molecule has 2 aliphatic heterocycles. The third-order valence-corrected chi connectivity index (χ3v) is 7.55. The molecule has 4 rings (SSSR count). The SMILES string of the molecule is Cc1ccc(CN2C(=O)S/C(=C\c3cc4c(cc3C)N(C)C(C)(C)C[C@@H]4C)C2=O)cc1. The smallest absolute Gasteiger partial charge is 0.293 e. The Balaban J connectivity index is 1.63. The Hall–Kier alpha value is -2.53. The van der Waals surface area contributed by atoms with Crippen molar-refractivity contribution in [2.24, 2.45) is 0 Å². The maximum Gasteiger partial charge on any atom is 0.293 e. The predicted octanol–water partition coefficient (Wildman–Crippen LogP) is 6.26. The van der Waals surface area contributed by atoms with Crippen molar-refractivity contribution in [1.29, 1.82) is 0 Å². The summed E-state index contributed by atoms with van der Waals surface area (Å²) in [6.45, 7) is 11.2. The Bertz CT molecular complexity index is 1090. The van der Waals surface area contributed by atoms with Gasteiger partial charge in [-0.25, -0.2) is 0 Å². The molecule has 0 bridgehead atoms. The first-order chi connectivity index (χ1) is 14.6. The van der Waals surface area contributed by atoms with E-state index in [0.29, 0.717) is 17.4 Å². The topological polar surface area (TPSA) is 40.6 Å². The van der Waals surface area contributed by atoms with Crippen LogP contribution in [-0.4, -0.2) is 28.6 Å². The molecule has 2 aliphatic rings. The van der Waals surface area contributed by atoms with Gasteiger partial charge in [-0.2, -0.15) is 0 Å². The molecule has 1 atom stereocenters. The summed E-state index contributed by atoms with van der Waals surface area (Å²) in [6.07, 6.45) is 2.97. The Labute approximate surface area is 189 Å². The molecule has 0 N–H and O–H groups in total. The van der Waals surface area contributed by atoms with Crippen molar-refractivity contribution in [1.82, 2.24) is 4.90 Å². The van der Waals surface area contributed by atoms with Crippen LogP contribution in [0.2, 0.25) is 0 Å². The molecular formula is C26H30N2O2S. The van der Waals surface area contributed by atoms with Crippen molar-refractivity contribution in [3.63, 3.8) is 0 Å². The van der Waals surface area contributed by atoms with Crippen molar-refractivity contribution in [2.45, 2.75) is 59.0 Å². The van der Waals surface area contributed by atoms with Crippen molar-refractivity contribution in [2.75, 3.05) is 11.9 Å². The van der Waals surface area contributed by atoms with E-state index in [1.165, 1.54) is 16.2 Å². The van der Waals surface area contributed by atoms with Crippen LogP contribution in [0.1, 0.15) is 60.9 Å². The average molecular weight is 435 g/mol. The van der Waals surface area contributed by atoms with E-state index in [2.05, 4.69) is 51.8 Å². The second-order valence-electron chi connectivity index (χ2n) is 9.50. The van der Waals surface area contributed by atoms with Gasteiger partial charge in [0.15, 0.2) is 0 Å². The van der Waals surface area contributed by atoms with E-state index in [1.807, 2.05) is 37.3 Å². The number of hydrogen-bond acceptors (Lipinski definition) is 4. The van der Waals surface area contributed by atoms with Gasteiger partial charge in [-0.3, -0.25) is 14.5 Å². The molecule has 0 radical (unpaired) electrons. The van der Waals surface area contributed by atoms with Crippen LogP contribution in [0.5, 0.6) is 0 Å². The van der Waals surface area contributed by atoms with Crippen LogP contribution in [0.15, 0.2) is 41.3 Å². The van der Waals surface area contributed by atoms with Gasteiger partial charge in [-0.05, 0) is 92.3 Å². The van der Waals surface area contributed by atoms with Gasteiger partial charge in [0.25, 0.3) is 11.1 Å². The second kappa shape index (κ2) is 7.86. The fourth-order valence-corrected chi connectivity index (χ4v) is 5.37. The van der Waals surface area contributed by atoms with E-state index < -0.39 is 0 Å². The van der Waals surface area contributed by atoms with Gasteiger partial charge in [0.2, 0.25) is 0 Å². The summed E-state index contributed by atoms with van der Waals surface area (Å²) in [5.74, 6) is 0.226. The third kappa shape index (κ3) is 4.03. The summed E-state index contributed by atoms with van der Waals surface area (Å²) in [4.78, 5) is 29.8. The van der Waals surface area contributed by atoms with Gasteiger partial charge in [0.1, 0.15) is 0 Å². The summed E-state index contributed by atoms with van der Waals surface area (Å²) in [7, 11) is 2.15. The van der Waals surface area contributed by atoms with Gasteiger partial charge in [-0.1, -0.05) is 36.8 Å². The molecule has 0 aromatic heterocycles. The molecule has 0 unspecified atom stereocenters. The quantitative estimate of drug-likeness (QED) is 0.535. The molecule has 1 saturated heterocycles. The van der Waals surface area contributed by atoms with E-state index in [9.17, 15) is 9.59 Å². The lowest BCUT2D eigenvalue weighted by Gasteiger charge is -2.45. The summed E-state index contributed by atoms with van der Waals surface area (Å²) in [5, 5.41) is -0.206. The van der Waals surface area contributed by atoms with E-state index in [0.717, 1.165) is 40.4 Å². The first kappa shape index (κ1) is 21.7. The Morgan fingerprint density at radius 3 is 2.48 bits per heavy atom. The normalized spacial score (nSPS) is 21.7. The average Bonchev–Trinajstić information content (AvgIpc) is 2.96. The van der Waals surface area contributed by atoms with Gasteiger partial charge < -0.3 is 4.90 Å². The van der Waals surface area contributed by atoms with Crippen molar-refractivity contribution >= 4 is 34.7 Å². The molecule has 2 aromatic rings. The van der Waals surface area contributed by atoms with Crippen LogP contribution in [0, 0.1) is 13.8 Å². The number of amides is 2. The predicted molar refractivity (Wildman–Crippen MR) is 129 cm³/mol. The van der Waals surface area contributed by atoms with Crippen molar-refractivity contribution < 1.29 is 9.59 Å². The van der Waals surface area contributed by atoms with Crippen LogP contribution in [0.25, 0.3) is 6.08 Å². The van der Waals surface area contributed by atoms with E-state index in [4.69, 9.17) is 0 Å². The van der Waals surface area contributed by atoms with Crippen LogP contribution in [0.3, 0.4) is 0 Å². The molecule has 1 fully saturated rings. The minimum absolute atomic E-state index is 0.110. The molecule has 2 aromatic carbocycles. The van der Waals surface area contributed by atoms with E-state index in [1.54, 1.807) is 0 Å². The summed E-state index contributed by atoms with van der Waals surface area (Å²) in [6, 6.07) is 12.4. The molecule has 2 amide bonds.